The molecule has 1 amide bonds. The van der Waals surface area contributed by atoms with Crippen LogP contribution >= 0.6 is 11.3 Å². The molecule has 5 nitrogen and oxygen atoms in total. The first-order chi connectivity index (χ1) is 10.7. The summed E-state index contributed by atoms with van der Waals surface area (Å²) in [4.78, 5) is 22.9. The normalized spacial score (nSPS) is 25.7. The van der Waals surface area contributed by atoms with Gasteiger partial charge in [-0.05, 0) is 31.7 Å². The van der Waals surface area contributed by atoms with Gasteiger partial charge in [0.1, 0.15) is 0 Å². The van der Waals surface area contributed by atoms with Gasteiger partial charge >= 0.3 is 0 Å². The number of aryl methyl sites for hydroxylation is 1. The highest BCUT2D eigenvalue weighted by atomic mass is 32.1. The van der Waals surface area contributed by atoms with Gasteiger partial charge in [-0.3, -0.25) is 4.79 Å². The molecule has 3 rings (SSSR count). The Morgan fingerprint density at radius 1 is 1.36 bits per heavy atom. The summed E-state index contributed by atoms with van der Waals surface area (Å²) < 4.78 is 0. The van der Waals surface area contributed by atoms with Crippen molar-refractivity contribution in [1.29, 1.82) is 0 Å². The zero-order chi connectivity index (χ0) is 15.5. The third kappa shape index (κ3) is 3.13. The van der Waals surface area contributed by atoms with Crippen LogP contribution in [-0.4, -0.2) is 48.5 Å². The molecule has 2 heterocycles. The lowest BCUT2D eigenvalue weighted by molar-refractivity contribution is -0.136. The van der Waals surface area contributed by atoms with Gasteiger partial charge in [-0.15, -0.1) is 11.3 Å². The van der Waals surface area contributed by atoms with Crippen LogP contribution in [0.4, 0.5) is 5.13 Å². The second-order valence-electron chi connectivity index (χ2n) is 6.31. The van der Waals surface area contributed by atoms with Gasteiger partial charge in [-0.25, -0.2) is 4.98 Å². The number of nitrogens with two attached hydrogens (primary N) is 1. The van der Waals surface area contributed by atoms with E-state index >= 15 is 0 Å². The summed E-state index contributed by atoms with van der Waals surface area (Å²) in [6.07, 6.45) is 6.30. The molecule has 1 aliphatic carbocycles. The largest absolute Gasteiger partial charge is 0.345 e. The van der Waals surface area contributed by atoms with Gasteiger partial charge in [-0.1, -0.05) is 13.3 Å². The van der Waals surface area contributed by atoms with E-state index in [9.17, 15) is 4.79 Å². The van der Waals surface area contributed by atoms with Crippen molar-refractivity contribution in [2.75, 3.05) is 37.6 Å². The Hall–Kier alpha value is -1.14. The highest BCUT2D eigenvalue weighted by molar-refractivity contribution is 7.15. The first-order valence-corrected chi connectivity index (χ1v) is 9.23. The monoisotopic (exact) mass is 322 g/mol. The second kappa shape index (κ2) is 6.96. The summed E-state index contributed by atoms with van der Waals surface area (Å²) in [5.74, 6) is 0.903. The quantitative estimate of drug-likeness (QED) is 0.917. The number of carbonyl (C=O) groups is 1. The van der Waals surface area contributed by atoms with Crippen LogP contribution in [0.5, 0.6) is 0 Å². The molecule has 1 aliphatic heterocycles. The minimum atomic E-state index is 0.170. The van der Waals surface area contributed by atoms with E-state index in [1.165, 1.54) is 4.88 Å². The van der Waals surface area contributed by atoms with Crippen molar-refractivity contribution in [2.45, 2.75) is 32.6 Å². The van der Waals surface area contributed by atoms with Gasteiger partial charge < -0.3 is 15.5 Å². The summed E-state index contributed by atoms with van der Waals surface area (Å²) in [6, 6.07) is 0. The summed E-state index contributed by atoms with van der Waals surface area (Å²) in [6.45, 7) is 6.21. The third-order valence-corrected chi connectivity index (χ3v) is 6.23. The maximum Gasteiger partial charge on any atom is 0.226 e. The molecule has 2 fully saturated rings. The number of hydrogen-bond donors (Lipinski definition) is 1. The maximum absolute atomic E-state index is 12.7. The molecule has 122 valence electrons. The fraction of sp³-hybridized carbons (Fsp3) is 0.750. The Bertz CT molecular complexity index is 510. The van der Waals surface area contributed by atoms with Crippen LogP contribution in [0.1, 0.15) is 31.1 Å². The number of thiazole rings is 1. The molecule has 6 heteroatoms. The molecule has 1 aromatic rings. The van der Waals surface area contributed by atoms with E-state index < -0.39 is 0 Å². The Balaban J connectivity index is 1.56. The number of hydrogen-bond acceptors (Lipinski definition) is 5. The number of anilines is 1. The predicted molar refractivity (Wildman–Crippen MR) is 90.2 cm³/mol. The molecule has 1 aromatic heterocycles. The van der Waals surface area contributed by atoms with Crippen LogP contribution in [-0.2, 0) is 11.2 Å². The number of aromatic nitrogens is 1. The molecule has 0 bridgehead atoms. The topological polar surface area (TPSA) is 62.5 Å². The van der Waals surface area contributed by atoms with Crippen LogP contribution in [0, 0.1) is 11.8 Å². The number of amides is 1. The number of nitrogens with zero attached hydrogens (tertiary/aromatic N) is 3. The molecule has 0 unspecified atom stereocenters. The van der Waals surface area contributed by atoms with Crippen LogP contribution in [0.15, 0.2) is 6.20 Å². The molecule has 2 atom stereocenters. The van der Waals surface area contributed by atoms with Crippen molar-refractivity contribution in [3.05, 3.63) is 11.1 Å². The second-order valence-corrected chi connectivity index (χ2v) is 7.40. The molecular formula is C16H26N4OS. The average Bonchev–Trinajstić information content (AvgIpc) is 3.23. The molecule has 2 N–H and O–H groups in total. The highest BCUT2D eigenvalue weighted by Gasteiger charge is 2.35. The lowest BCUT2D eigenvalue weighted by Crippen LogP contribution is -2.51. The SMILES string of the molecule is CCc1cnc(N2CCN(C(=O)[C@@H]3CCC[C@@H]3CN)CC2)s1. The smallest absolute Gasteiger partial charge is 0.226 e. The summed E-state index contributed by atoms with van der Waals surface area (Å²) in [5.41, 5.74) is 5.82. The van der Waals surface area contributed by atoms with Crippen molar-refractivity contribution >= 4 is 22.4 Å². The van der Waals surface area contributed by atoms with E-state index in [0.717, 1.165) is 57.0 Å². The summed E-state index contributed by atoms with van der Waals surface area (Å²) in [5, 5.41) is 1.10. The van der Waals surface area contributed by atoms with Crippen LogP contribution in [0.2, 0.25) is 0 Å². The molecule has 22 heavy (non-hydrogen) atoms. The molecule has 0 aromatic carbocycles. The van der Waals surface area contributed by atoms with Gasteiger partial charge in [0.2, 0.25) is 5.91 Å². The van der Waals surface area contributed by atoms with Crippen LogP contribution < -0.4 is 10.6 Å². The van der Waals surface area contributed by atoms with E-state index in [-0.39, 0.29) is 5.92 Å². The van der Waals surface area contributed by atoms with Gasteiger partial charge in [0.25, 0.3) is 0 Å². The minimum Gasteiger partial charge on any atom is -0.345 e. The summed E-state index contributed by atoms with van der Waals surface area (Å²) in [7, 11) is 0. The van der Waals surface area contributed by atoms with E-state index in [4.69, 9.17) is 5.73 Å². The average molecular weight is 322 g/mol. The molecule has 0 spiro atoms. The van der Waals surface area contributed by atoms with Gasteiger partial charge in [-0.2, -0.15) is 0 Å². The highest BCUT2D eigenvalue weighted by Crippen LogP contribution is 2.33. The van der Waals surface area contributed by atoms with Gasteiger partial charge in [0.15, 0.2) is 5.13 Å². The van der Waals surface area contributed by atoms with Crippen molar-refractivity contribution in [2.24, 2.45) is 17.6 Å². The fourth-order valence-corrected chi connectivity index (χ4v) is 4.50. The predicted octanol–water partition coefficient (Wildman–Crippen LogP) is 1.73. The Kier molecular flexibility index (Phi) is 4.98. The maximum atomic E-state index is 12.7. The minimum absolute atomic E-state index is 0.170. The number of carbonyl (C=O) groups excluding carboxylic acids is 1. The van der Waals surface area contributed by atoms with Crippen LogP contribution in [0.3, 0.4) is 0 Å². The van der Waals surface area contributed by atoms with Gasteiger partial charge in [0.05, 0.1) is 0 Å². The Morgan fingerprint density at radius 2 is 2.14 bits per heavy atom. The number of piperazine rings is 1. The standard InChI is InChI=1S/C16H26N4OS/c1-2-13-11-18-16(22-13)20-8-6-19(7-9-20)15(21)14-5-3-4-12(14)10-17/h11-12,14H,2-10,17H2,1H3/t12-,14-/m1/s1. The van der Waals surface area contributed by atoms with E-state index in [2.05, 4.69) is 16.8 Å². The Labute approximate surface area is 136 Å². The van der Waals surface area contributed by atoms with Crippen molar-refractivity contribution in [3.63, 3.8) is 0 Å². The van der Waals surface area contributed by atoms with Gasteiger partial charge in [0, 0.05) is 43.2 Å². The molecular weight excluding hydrogens is 296 g/mol. The van der Waals surface area contributed by atoms with Crippen LogP contribution in [0.25, 0.3) is 0 Å². The lowest BCUT2D eigenvalue weighted by atomic mass is 9.94. The zero-order valence-electron chi connectivity index (χ0n) is 13.3. The molecule has 2 aliphatic rings. The zero-order valence-corrected chi connectivity index (χ0v) is 14.1. The fourth-order valence-electron chi connectivity index (χ4n) is 3.60. The van der Waals surface area contributed by atoms with Crippen molar-refractivity contribution < 1.29 is 4.79 Å². The molecule has 1 saturated heterocycles. The lowest BCUT2D eigenvalue weighted by Gasteiger charge is -2.36. The summed E-state index contributed by atoms with van der Waals surface area (Å²) >= 11 is 1.77. The molecule has 1 saturated carbocycles. The third-order valence-electron chi connectivity index (χ3n) is 5.03. The first-order valence-electron chi connectivity index (χ1n) is 8.41. The van der Waals surface area contributed by atoms with E-state index in [0.29, 0.717) is 18.4 Å². The van der Waals surface area contributed by atoms with Crippen molar-refractivity contribution in [3.8, 4) is 0 Å². The molecule has 0 radical (unpaired) electrons. The number of rotatable bonds is 4. The van der Waals surface area contributed by atoms with E-state index in [1.807, 2.05) is 11.1 Å². The Morgan fingerprint density at radius 3 is 2.77 bits per heavy atom. The van der Waals surface area contributed by atoms with E-state index in [1.54, 1.807) is 11.3 Å². The first kappa shape index (κ1) is 15.7. The van der Waals surface area contributed by atoms with Crippen molar-refractivity contribution in [1.82, 2.24) is 9.88 Å².